The highest BCUT2D eigenvalue weighted by Crippen LogP contribution is 2.49. The highest BCUT2D eigenvalue weighted by molar-refractivity contribution is 6.22. The van der Waals surface area contributed by atoms with Crippen molar-refractivity contribution in [1.29, 1.82) is 0 Å². The van der Waals surface area contributed by atoms with Crippen LogP contribution < -0.4 is 9.80 Å². The minimum Gasteiger partial charge on any atom is -0.314 e. The molecular formula is C66H46N2. The highest BCUT2D eigenvalue weighted by Gasteiger charge is 2.26. The van der Waals surface area contributed by atoms with E-state index in [1.165, 1.54) is 87.4 Å². The van der Waals surface area contributed by atoms with E-state index in [0.29, 0.717) is 5.92 Å². The number of benzene rings is 11. The summed E-state index contributed by atoms with van der Waals surface area (Å²) in [5.74, 6) is 0.329. The van der Waals surface area contributed by atoms with Gasteiger partial charge in [0, 0.05) is 40.1 Å². The molecule has 68 heavy (non-hydrogen) atoms. The Labute approximate surface area is 397 Å². The summed E-state index contributed by atoms with van der Waals surface area (Å²) < 4.78 is 0. The fourth-order valence-corrected chi connectivity index (χ4v) is 10.8. The molecule has 11 aromatic rings. The summed E-state index contributed by atoms with van der Waals surface area (Å²) in [6, 6.07) is 82.8. The minimum absolute atomic E-state index is 0.329. The van der Waals surface area contributed by atoms with Crippen LogP contribution in [-0.2, 0) is 0 Å². The molecule has 320 valence electrons. The number of hydrogen-bond acceptors (Lipinski definition) is 2. The Morgan fingerprint density at radius 3 is 1.24 bits per heavy atom. The Kier molecular flexibility index (Phi) is 9.68. The number of rotatable bonds is 8. The Morgan fingerprint density at radius 2 is 0.735 bits per heavy atom. The van der Waals surface area contributed by atoms with Gasteiger partial charge in [-0.05, 0) is 155 Å². The van der Waals surface area contributed by atoms with Gasteiger partial charge in [0.05, 0.1) is 0 Å². The number of fused-ring (bicyclic) bond motifs is 6. The SMILES string of the molecule is C1=CC2=CC=C(N(c3ccc4ccccc4c3)c3ccc4c(-c5ccccc5)c5cc(N(c6ccc7ccccc7c6)c6ccc7ccccc7c6)ccc5c(-c5ccccc5)c4c3)CC2C=C1. The van der Waals surface area contributed by atoms with Crippen molar-refractivity contribution in [3.63, 3.8) is 0 Å². The van der Waals surface area contributed by atoms with Crippen LogP contribution in [0.25, 0.3) is 76.1 Å². The third kappa shape index (κ3) is 6.98. The van der Waals surface area contributed by atoms with E-state index < -0.39 is 0 Å². The summed E-state index contributed by atoms with van der Waals surface area (Å²) in [6.45, 7) is 0. The van der Waals surface area contributed by atoms with Crippen molar-refractivity contribution < 1.29 is 0 Å². The average molecular weight is 867 g/mol. The number of anilines is 5. The molecule has 2 heteroatoms. The van der Waals surface area contributed by atoms with Gasteiger partial charge in [0.15, 0.2) is 0 Å². The summed E-state index contributed by atoms with van der Waals surface area (Å²) >= 11 is 0. The maximum Gasteiger partial charge on any atom is 0.0468 e. The largest absolute Gasteiger partial charge is 0.314 e. The summed E-state index contributed by atoms with van der Waals surface area (Å²) in [5, 5.41) is 12.2. The second-order valence-corrected chi connectivity index (χ2v) is 18.1. The van der Waals surface area contributed by atoms with Crippen molar-refractivity contribution in [2.45, 2.75) is 6.42 Å². The Bertz CT molecular complexity index is 3810. The molecule has 0 heterocycles. The molecule has 1 unspecified atom stereocenters. The van der Waals surface area contributed by atoms with Gasteiger partial charge >= 0.3 is 0 Å². The summed E-state index contributed by atoms with van der Waals surface area (Å²) in [5.41, 5.74) is 13.1. The zero-order valence-electron chi connectivity index (χ0n) is 37.5. The number of allylic oxidation sites excluding steroid dienone is 8. The van der Waals surface area contributed by atoms with Crippen LogP contribution in [0.15, 0.2) is 272 Å². The zero-order valence-corrected chi connectivity index (χ0v) is 37.5. The first-order chi connectivity index (χ1) is 33.7. The van der Waals surface area contributed by atoms with Gasteiger partial charge in [0.1, 0.15) is 0 Å². The molecule has 0 saturated carbocycles. The molecule has 2 nitrogen and oxygen atoms in total. The van der Waals surface area contributed by atoms with Crippen LogP contribution in [0.3, 0.4) is 0 Å². The predicted molar refractivity (Wildman–Crippen MR) is 291 cm³/mol. The fourth-order valence-electron chi connectivity index (χ4n) is 10.8. The minimum atomic E-state index is 0.329. The summed E-state index contributed by atoms with van der Waals surface area (Å²) in [6.07, 6.45) is 14.5. The van der Waals surface area contributed by atoms with Crippen molar-refractivity contribution in [2.24, 2.45) is 5.92 Å². The second-order valence-electron chi connectivity index (χ2n) is 18.1. The molecule has 1 atom stereocenters. The molecule has 0 fully saturated rings. The number of nitrogens with zero attached hydrogens (tertiary/aromatic N) is 2. The van der Waals surface area contributed by atoms with Crippen molar-refractivity contribution in [2.75, 3.05) is 9.80 Å². The lowest BCUT2D eigenvalue weighted by Gasteiger charge is -2.33. The van der Waals surface area contributed by atoms with E-state index in [1.54, 1.807) is 0 Å². The molecule has 0 aliphatic heterocycles. The third-order valence-electron chi connectivity index (χ3n) is 14.1. The van der Waals surface area contributed by atoms with Gasteiger partial charge in [0.25, 0.3) is 0 Å². The predicted octanol–water partition coefficient (Wildman–Crippen LogP) is 18.4. The zero-order chi connectivity index (χ0) is 45.0. The first-order valence-electron chi connectivity index (χ1n) is 23.7. The molecule has 11 aromatic carbocycles. The Morgan fingerprint density at radius 1 is 0.324 bits per heavy atom. The molecule has 0 spiro atoms. The Hall–Kier alpha value is -8.72. The van der Waals surface area contributed by atoms with Crippen LogP contribution in [0, 0.1) is 5.92 Å². The fraction of sp³-hybridized carbons (Fsp3) is 0.0303. The quantitative estimate of drug-likeness (QED) is 0.140. The normalized spacial score (nSPS) is 14.3. The lowest BCUT2D eigenvalue weighted by Crippen LogP contribution is -2.21. The molecule has 0 bridgehead atoms. The van der Waals surface area contributed by atoms with Gasteiger partial charge < -0.3 is 9.80 Å². The maximum atomic E-state index is 2.50. The summed E-state index contributed by atoms with van der Waals surface area (Å²) in [7, 11) is 0. The van der Waals surface area contributed by atoms with Crippen LogP contribution in [0.5, 0.6) is 0 Å². The van der Waals surface area contributed by atoms with Crippen LogP contribution in [0.1, 0.15) is 6.42 Å². The van der Waals surface area contributed by atoms with Gasteiger partial charge in [0.2, 0.25) is 0 Å². The Balaban J connectivity index is 1.08. The monoisotopic (exact) mass is 866 g/mol. The third-order valence-corrected chi connectivity index (χ3v) is 14.1. The van der Waals surface area contributed by atoms with Gasteiger partial charge in [-0.25, -0.2) is 0 Å². The smallest absolute Gasteiger partial charge is 0.0468 e. The molecule has 0 aromatic heterocycles. The standard InChI is InChI=1S/C66H46N2/c1-3-19-49(20-4-1)65-61-37-35-60(68(57-33-29-47-17-9-13-25-53(47)41-57)58-34-30-48-18-10-14-26-54(48)42-58)44-64(61)66(50-21-5-2-6-22-50)62-38-36-59(43-63(62)65)67(55-31-27-45-15-7-11-23-51(45)39-55)56-32-28-46-16-8-12-24-52(46)40-56/h1-41,43-44,54H,42H2. The van der Waals surface area contributed by atoms with Crippen LogP contribution in [0.4, 0.5) is 28.4 Å². The van der Waals surface area contributed by atoms with Crippen molar-refractivity contribution in [1.82, 2.24) is 0 Å². The van der Waals surface area contributed by atoms with E-state index in [0.717, 1.165) is 34.9 Å². The van der Waals surface area contributed by atoms with E-state index in [2.05, 4.69) is 271 Å². The van der Waals surface area contributed by atoms with E-state index in [1.807, 2.05) is 0 Å². The van der Waals surface area contributed by atoms with Crippen molar-refractivity contribution >= 4 is 82.3 Å². The second kappa shape index (κ2) is 16.6. The molecule has 0 N–H and O–H groups in total. The lowest BCUT2D eigenvalue weighted by molar-refractivity contribution is 0.732. The van der Waals surface area contributed by atoms with E-state index >= 15 is 0 Å². The van der Waals surface area contributed by atoms with Crippen LogP contribution in [-0.4, -0.2) is 0 Å². The van der Waals surface area contributed by atoms with Crippen LogP contribution >= 0.6 is 0 Å². The molecule has 0 amide bonds. The van der Waals surface area contributed by atoms with E-state index in [4.69, 9.17) is 0 Å². The topological polar surface area (TPSA) is 6.48 Å². The van der Waals surface area contributed by atoms with Crippen molar-refractivity contribution in [3.8, 4) is 22.3 Å². The number of hydrogen-bond donors (Lipinski definition) is 0. The first kappa shape index (κ1) is 39.6. The molecule has 0 radical (unpaired) electrons. The van der Waals surface area contributed by atoms with Crippen molar-refractivity contribution in [3.05, 3.63) is 272 Å². The lowest BCUT2D eigenvalue weighted by atomic mass is 9.84. The van der Waals surface area contributed by atoms with Gasteiger partial charge in [-0.1, -0.05) is 194 Å². The highest BCUT2D eigenvalue weighted by atomic mass is 15.2. The van der Waals surface area contributed by atoms with Gasteiger partial charge in [-0.2, -0.15) is 0 Å². The maximum absolute atomic E-state index is 2.50. The average Bonchev–Trinajstić information content (AvgIpc) is 3.40. The molecular weight excluding hydrogens is 821 g/mol. The van der Waals surface area contributed by atoms with E-state index in [-0.39, 0.29) is 0 Å². The van der Waals surface area contributed by atoms with E-state index in [9.17, 15) is 0 Å². The molecule has 2 aliphatic carbocycles. The molecule has 0 saturated heterocycles. The van der Waals surface area contributed by atoms with Gasteiger partial charge in [-0.15, -0.1) is 0 Å². The summed E-state index contributed by atoms with van der Waals surface area (Å²) in [4.78, 5) is 4.93. The van der Waals surface area contributed by atoms with Crippen LogP contribution in [0.2, 0.25) is 0 Å². The molecule has 13 rings (SSSR count). The van der Waals surface area contributed by atoms with Gasteiger partial charge in [-0.3, -0.25) is 0 Å². The molecule has 2 aliphatic rings. The first-order valence-corrected chi connectivity index (χ1v) is 23.7.